The summed E-state index contributed by atoms with van der Waals surface area (Å²) >= 11 is 1.71. The van der Waals surface area contributed by atoms with Crippen molar-refractivity contribution in [2.75, 3.05) is 19.6 Å². The van der Waals surface area contributed by atoms with E-state index in [0.717, 1.165) is 28.9 Å². The van der Waals surface area contributed by atoms with Crippen LogP contribution >= 0.6 is 11.3 Å². The normalized spacial score (nSPS) is 11.3. The number of rotatable bonds is 5. The zero-order valence-corrected chi connectivity index (χ0v) is 12.0. The summed E-state index contributed by atoms with van der Waals surface area (Å²) in [6.07, 6.45) is 0. The van der Waals surface area contributed by atoms with E-state index >= 15 is 0 Å². The summed E-state index contributed by atoms with van der Waals surface area (Å²) in [5, 5.41) is 1.11. The first kappa shape index (κ1) is 13.2. The molecule has 0 aliphatic heterocycles. The van der Waals surface area contributed by atoms with Gasteiger partial charge in [0, 0.05) is 20.5 Å². The van der Waals surface area contributed by atoms with Gasteiger partial charge in [-0.25, -0.2) is 0 Å². The number of hydrogen-bond donors (Lipinski definition) is 0. The lowest BCUT2D eigenvalue weighted by molar-refractivity contribution is 0.0939. The second kappa shape index (κ2) is 5.63. The largest absolute Gasteiger partial charge is 0.296 e. The molecule has 0 fully saturated rings. The van der Waals surface area contributed by atoms with Gasteiger partial charge in [0.05, 0.1) is 6.54 Å². The van der Waals surface area contributed by atoms with Crippen LogP contribution in [-0.2, 0) is 0 Å². The van der Waals surface area contributed by atoms with Crippen molar-refractivity contribution >= 4 is 27.2 Å². The van der Waals surface area contributed by atoms with Gasteiger partial charge < -0.3 is 0 Å². The number of likely N-dealkylation sites (N-methyl/N-ethyl adjacent to an activating group) is 1. The number of carbonyl (C=O) groups is 1. The number of hydrogen-bond acceptors (Lipinski definition) is 3. The Morgan fingerprint density at radius 3 is 2.56 bits per heavy atom. The average molecular weight is 261 g/mol. The number of ketones is 1. The molecule has 0 saturated carbocycles. The highest BCUT2D eigenvalue weighted by atomic mass is 32.1. The molecular weight excluding hydrogens is 242 g/mol. The van der Waals surface area contributed by atoms with Crippen LogP contribution in [0.25, 0.3) is 10.1 Å². The topological polar surface area (TPSA) is 20.3 Å². The van der Waals surface area contributed by atoms with Gasteiger partial charge in [-0.05, 0) is 26.1 Å². The monoisotopic (exact) mass is 261 g/mol. The van der Waals surface area contributed by atoms with Gasteiger partial charge in [-0.15, -0.1) is 11.3 Å². The highest BCUT2D eigenvalue weighted by Gasteiger charge is 2.17. The molecule has 0 aliphatic rings. The third-order valence-corrected chi connectivity index (χ3v) is 4.40. The first-order chi connectivity index (χ1) is 8.67. The minimum Gasteiger partial charge on any atom is -0.296 e. The van der Waals surface area contributed by atoms with Crippen molar-refractivity contribution in [3.8, 4) is 0 Å². The van der Waals surface area contributed by atoms with Crippen LogP contribution in [0.4, 0.5) is 0 Å². The number of Topliss-reactive ketones (excluding diaryl/α,β-unsaturated/α-hetero) is 1. The van der Waals surface area contributed by atoms with Gasteiger partial charge >= 0.3 is 0 Å². The lowest BCUT2D eigenvalue weighted by Crippen LogP contribution is -2.29. The third-order valence-electron chi connectivity index (χ3n) is 3.31. The predicted octanol–water partition coefficient (Wildman–Crippen LogP) is 3.73. The summed E-state index contributed by atoms with van der Waals surface area (Å²) in [7, 11) is 0. The van der Waals surface area contributed by atoms with Crippen LogP contribution in [0.3, 0.4) is 0 Å². The number of aryl methyl sites for hydroxylation is 1. The van der Waals surface area contributed by atoms with Gasteiger partial charge in [0.1, 0.15) is 0 Å². The second-order valence-corrected chi connectivity index (χ2v) is 5.67. The molecular formula is C15H19NOS. The maximum absolute atomic E-state index is 12.4. The molecule has 3 heteroatoms. The Labute approximate surface area is 112 Å². The summed E-state index contributed by atoms with van der Waals surface area (Å²) < 4.78 is 1.21. The van der Waals surface area contributed by atoms with Gasteiger partial charge in [-0.1, -0.05) is 32.0 Å². The molecule has 0 amide bonds. The Kier molecular flexibility index (Phi) is 4.15. The summed E-state index contributed by atoms with van der Waals surface area (Å²) in [6.45, 7) is 8.59. The lowest BCUT2D eigenvalue weighted by atomic mass is 10.1. The van der Waals surface area contributed by atoms with Gasteiger partial charge in [0.2, 0.25) is 0 Å². The van der Waals surface area contributed by atoms with E-state index in [-0.39, 0.29) is 5.78 Å². The van der Waals surface area contributed by atoms with E-state index in [1.807, 2.05) is 25.1 Å². The third kappa shape index (κ3) is 2.47. The molecule has 0 bridgehead atoms. The summed E-state index contributed by atoms with van der Waals surface area (Å²) in [6, 6.07) is 8.16. The fraction of sp³-hybridized carbons (Fsp3) is 0.400. The second-order valence-electron chi connectivity index (χ2n) is 4.41. The quantitative estimate of drug-likeness (QED) is 0.764. The van der Waals surface area contributed by atoms with Crippen molar-refractivity contribution in [3.63, 3.8) is 0 Å². The van der Waals surface area contributed by atoms with E-state index in [1.165, 1.54) is 4.70 Å². The van der Waals surface area contributed by atoms with E-state index in [0.29, 0.717) is 6.54 Å². The van der Waals surface area contributed by atoms with Crippen molar-refractivity contribution in [2.45, 2.75) is 20.8 Å². The number of thiophene rings is 1. The number of benzene rings is 1. The van der Waals surface area contributed by atoms with Gasteiger partial charge in [0.15, 0.2) is 5.78 Å². The summed E-state index contributed by atoms with van der Waals surface area (Å²) in [5.41, 5.74) is 0.919. The molecule has 1 aromatic heterocycles. The minimum absolute atomic E-state index is 0.244. The van der Waals surface area contributed by atoms with Crippen LogP contribution in [0, 0.1) is 6.92 Å². The van der Waals surface area contributed by atoms with E-state index in [1.54, 1.807) is 11.3 Å². The molecule has 1 heterocycles. The molecule has 1 aromatic carbocycles. The van der Waals surface area contributed by atoms with Gasteiger partial charge in [0.25, 0.3) is 0 Å². The zero-order valence-electron chi connectivity index (χ0n) is 11.2. The number of nitrogens with zero attached hydrogens (tertiary/aromatic N) is 1. The van der Waals surface area contributed by atoms with Crippen LogP contribution < -0.4 is 0 Å². The molecule has 0 N–H and O–H groups in total. The Morgan fingerprint density at radius 2 is 1.89 bits per heavy atom. The molecule has 0 spiro atoms. The molecule has 2 nitrogen and oxygen atoms in total. The molecule has 0 radical (unpaired) electrons. The molecule has 2 rings (SSSR count). The van der Waals surface area contributed by atoms with Crippen LogP contribution in [0.5, 0.6) is 0 Å². The highest BCUT2D eigenvalue weighted by molar-refractivity contribution is 7.19. The van der Waals surface area contributed by atoms with Gasteiger partial charge in [-0.2, -0.15) is 0 Å². The van der Waals surface area contributed by atoms with E-state index < -0.39 is 0 Å². The smallest absolute Gasteiger partial charge is 0.178 e. The Morgan fingerprint density at radius 1 is 1.22 bits per heavy atom. The van der Waals surface area contributed by atoms with E-state index in [4.69, 9.17) is 0 Å². The van der Waals surface area contributed by atoms with Gasteiger partial charge in [-0.3, -0.25) is 9.69 Å². The lowest BCUT2D eigenvalue weighted by Gasteiger charge is -2.16. The molecule has 0 atom stereocenters. The number of carbonyl (C=O) groups excluding carboxylic acids is 1. The molecule has 0 unspecified atom stereocenters. The maximum atomic E-state index is 12.4. The molecule has 96 valence electrons. The van der Waals surface area contributed by atoms with Crippen molar-refractivity contribution in [1.82, 2.24) is 4.90 Å². The van der Waals surface area contributed by atoms with Crippen LogP contribution in [0.1, 0.15) is 29.1 Å². The zero-order chi connectivity index (χ0) is 13.1. The van der Waals surface area contributed by atoms with Crippen LogP contribution in [-0.4, -0.2) is 30.3 Å². The maximum Gasteiger partial charge on any atom is 0.178 e. The Balaban J connectivity index is 2.35. The van der Waals surface area contributed by atoms with Crippen molar-refractivity contribution < 1.29 is 4.79 Å². The molecule has 0 aliphatic carbocycles. The standard InChI is InChI=1S/C15H19NOS/c1-4-16(5-2)10-13(17)15-11(3)18-14-9-7-6-8-12(14)15/h6-9H,4-5,10H2,1-3H3. The summed E-state index contributed by atoms with van der Waals surface area (Å²) in [5.74, 6) is 0.244. The van der Waals surface area contributed by atoms with Crippen LogP contribution in [0.15, 0.2) is 24.3 Å². The summed E-state index contributed by atoms with van der Waals surface area (Å²) in [4.78, 5) is 15.7. The Bertz CT molecular complexity index is 555. The first-order valence-electron chi connectivity index (χ1n) is 6.41. The minimum atomic E-state index is 0.244. The SMILES string of the molecule is CCN(CC)CC(=O)c1c(C)sc2ccccc12. The first-order valence-corrected chi connectivity index (χ1v) is 7.22. The van der Waals surface area contributed by atoms with Crippen molar-refractivity contribution in [1.29, 1.82) is 0 Å². The average Bonchev–Trinajstić information content (AvgIpc) is 2.71. The fourth-order valence-electron chi connectivity index (χ4n) is 2.24. The van der Waals surface area contributed by atoms with E-state index in [2.05, 4.69) is 24.8 Å². The molecule has 0 saturated heterocycles. The van der Waals surface area contributed by atoms with E-state index in [9.17, 15) is 4.79 Å². The predicted molar refractivity (Wildman–Crippen MR) is 78.7 cm³/mol. The number of fused-ring (bicyclic) bond motifs is 1. The van der Waals surface area contributed by atoms with Crippen LogP contribution in [0.2, 0.25) is 0 Å². The highest BCUT2D eigenvalue weighted by Crippen LogP contribution is 2.30. The Hall–Kier alpha value is -1.19. The fourth-order valence-corrected chi connectivity index (χ4v) is 3.33. The molecule has 18 heavy (non-hydrogen) atoms. The van der Waals surface area contributed by atoms with Crippen molar-refractivity contribution in [3.05, 3.63) is 34.7 Å². The van der Waals surface area contributed by atoms with Crippen molar-refractivity contribution in [2.24, 2.45) is 0 Å². The molecule has 2 aromatic rings.